The molecule has 30 heavy (non-hydrogen) atoms. The summed E-state index contributed by atoms with van der Waals surface area (Å²) in [5, 5.41) is 13.1. The highest BCUT2D eigenvalue weighted by molar-refractivity contribution is 5.74. The summed E-state index contributed by atoms with van der Waals surface area (Å²) in [5.41, 5.74) is 6.97. The minimum Gasteiger partial charge on any atom is -0.436 e. The van der Waals surface area contributed by atoms with Crippen LogP contribution in [0.4, 0.5) is 11.6 Å². The first-order chi connectivity index (χ1) is 14.4. The maximum atomic E-state index is 10.3. The van der Waals surface area contributed by atoms with Crippen LogP contribution in [0.3, 0.4) is 0 Å². The van der Waals surface area contributed by atoms with Gasteiger partial charge in [-0.2, -0.15) is 0 Å². The molecule has 0 saturated heterocycles. The molecular formula is C21H19N3O6. The van der Waals surface area contributed by atoms with Crippen molar-refractivity contribution < 1.29 is 18.9 Å². The van der Waals surface area contributed by atoms with Crippen LogP contribution in [0, 0.1) is 21.9 Å². The average molecular weight is 409 g/mol. The number of nitro groups is 1. The number of nitro benzene ring substituents is 1. The number of aryl methyl sites for hydroxylation is 1. The van der Waals surface area contributed by atoms with Crippen molar-refractivity contribution in [3.8, 4) is 11.3 Å². The number of rotatable bonds is 5. The highest BCUT2D eigenvalue weighted by Crippen LogP contribution is 2.26. The first-order valence-electron chi connectivity index (χ1n) is 8.47. The Balaban J connectivity index is 0.000000266. The number of hydrogen-bond donors (Lipinski definition) is 1. The number of aldehydes is 1. The monoisotopic (exact) mass is 409 g/mol. The topological polar surface area (TPSA) is 146 Å². The first kappa shape index (κ1) is 23.6. The van der Waals surface area contributed by atoms with E-state index in [1.165, 1.54) is 29.8 Å². The van der Waals surface area contributed by atoms with Gasteiger partial charge in [0.25, 0.3) is 11.6 Å². The number of primary amides is 1. The Kier molecular flexibility index (Phi) is 10.2. The minimum absolute atomic E-state index is 0.0213. The largest absolute Gasteiger partial charge is 0.436 e. The van der Waals surface area contributed by atoms with Gasteiger partial charge in [0, 0.05) is 28.9 Å². The Hall–Kier alpha value is -4.40. The fourth-order valence-corrected chi connectivity index (χ4v) is 2.14. The number of amides is 1. The molecule has 0 aliphatic rings. The summed E-state index contributed by atoms with van der Waals surface area (Å²) >= 11 is 0. The molecule has 0 atom stereocenters. The maximum Gasteiger partial charge on any atom is 0.270 e. The van der Waals surface area contributed by atoms with E-state index in [1.54, 1.807) is 24.3 Å². The van der Waals surface area contributed by atoms with Gasteiger partial charge in [0.15, 0.2) is 0 Å². The van der Waals surface area contributed by atoms with Gasteiger partial charge in [-0.3, -0.25) is 19.7 Å². The van der Waals surface area contributed by atoms with E-state index in [-0.39, 0.29) is 18.0 Å². The zero-order chi connectivity index (χ0) is 22.4. The van der Waals surface area contributed by atoms with Gasteiger partial charge >= 0.3 is 0 Å². The molecule has 0 aliphatic heterocycles. The van der Waals surface area contributed by atoms with Crippen LogP contribution in [0.1, 0.15) is 11.1 Å². The molecule has 0 spiro atoms. The molecule has 3 aromatic rings. The van der Waals surface area contributed by atoms with Crippen LogP contribution < -0.4 is 5.73 Å². The molecule has 0 unspecified atom stereocenters. The zero-order valence-electron chi connectivity index (χ0n) is 16.0. The summed E-state index contributed by atoms with van der Waals surface area (Å²) in [6, 6.07) is 17.2. The highest BCUT2D eigenvalue weighted by atomic mass is 16.6. The fourth-order valence-electron chi connectivity index (χ4n) is 2.14. The number of benzene rings is 2. The molecule has 0 aliphatic carbocycles. The van der Waals surface area contributed by atoms with Gasteiger partial charge in [-0.1, -0.05) is 48.0 Å². The summed E-state index contributed by atoms with van der Waals surface area (Å²) in [4.78, 5) is 38.6. The lowest BCUT2D eigenvalue weighted by Crippen LogP contribution is -1.87. The third-order valence-electron chi connectivity index (χ3n) is 3.47. The van der Waals surface area contributed by atoms with Crippen LogP contribution in [0.5, 0.6) is 0 Å². The van der Waals surface area contributed by atoms with Crippen LogP contribution >= 0.6 is 0 Å². The van der Waals surface area contributed by atoms with Gasteiger partial charge in [-0.05, 0) is 24.6 Å². The van der Waals surface area contributed by atoms with E-state index in [0.29, 0.717) is 17.6 Å². The Bertz CT molecular complexity index is 1010. The third kappa shape index (κ3) is 8.09. The van der Waals surface area contributed by atoms with Gasteiger partial charge in [-0.15, -0.1) is 4.91 Å². The molecule has 0 fully saturated rings. The SMILES string of the molecule is Cc1ccc(-c2ccc(N=O)o2)cc1.NC=O.O=C/C=C/c1cccc([N+](=O)[O-])c1. The van der Waals surface area contributed by atoms with Gasteiger partial charge in [0.2, 0.25) is 6.41 Å². The van der Waals surface area contributed by atoms with Gasteiger partial charge in [0.05, 0.1) is 4.92 Å². The summed E-state index contributed by atoms with van der Waals surface area (Å²) in [6.45, 7) is 2.02. The predicted octanol–water partition coefficient (Wildman–Crippen LogP) is 4.56. The first-order valence-corrected chi connectivity index (χ1v) is 8.47. The van der Waals surface area contributed by atoms with Crippen molar-refractivity contribution in [3.05, 3.63) is 92.9 Å². The van der Waals surface area contributed by atoms with Crippen molar-refractivity contribution >= 4 is 30.3 Å². The molecule has 3 rings (SSSR count). The minimum atomic E-state index is -0.474. The van der Waals surface area contributed by atoms with Crippen molar-refractivity contribution in [2.75, 3.05) is 0 Å². The second kappa shape index (κ2) is 12.9. The van der Waals surface area contributed by atoms with Crippen LogP contribution in [-0.2, 0) is 9.59 Å². The lowest BCUT2D eigenvalue weighted by Gasteiger charge is -1.96. The lowest BCUT2D eigenvalue weighted by molar-refractivity contribution is -0.384. The summed E-state index contributed by atoms with van der Waals surface area (Å²) < 4.78 is 5.18. The number of carbonyl (C=O) groups is 2. The molecule has 0 bridgehead atoms. The predicted molar refractivity (Wildman–Crippen MR) is 113 cm³/mol. The molecule has 9 heteroatoms. The highest BCUT2D eigenvalue weighted by Gasteiger charge is 2.04. The molecule has 1 heterocycles. The van der Waals surface area contributed by atoms with Crippen molar-refractivity contribution in [2.45, 2.75) is 6.92 Å². The van der Waals surface area contributed by atoms with E-state index in [1.807, 2.05) is 31.2 Å². The van der Waals surface area contributed by atoms with Crippen molar-refractivity contribution in [1.82, 2.24) is 0 Å². The second-order valence-corrected chi connectivity index (χ2v) is 5.58. The molecule has 2 N–H and O–H groups in total. The summed E-state index contributed by atoms with van der Waals surface area (Å²) in [6.07, 6.45) is 3.68. The fraction of sp³-hybridized carbons (Fsp3) is 0.0476. The number of nitrogens with zero attached hydrogens (tertiary/aromatic N) is 2. The van der Waals surface area contributed by atoms with E-state index in [2.05, 4.69) is 10.9 Å². The normalized spacial score (nSPS) is 9.50. The molecule has 1 amide bonds. The summed E-state index contributed by atoms with van der Waals surface area (Å²) in [7, 11) is 0. The quantitative estimate of drug-likeness (QED) is 0.215. The molecule has 9 nitrogen and oxygen atoms in total. The van der Waals surface area contributed by atoms with Gasteiger partial charge in [-0.25, -0.2) is 0 Å². The smallest absolute Gasteiger partial charge is 0.270 e. The van der Waals surface area contributed by atoms with Crippen molar-refractivity contribution in [1.29, 1.82) is 0 Å². The van der Waals surface area contributed by atoms with Crippen LogP contribution in [0.2, 0.25) is 0 Å². The Labute approximate surface area is 171 Å². The number of nitrogens with two attached hydrogens (primary N) is 1. The van der Waals surface area contributed by atoms with E-state index in [4.69, 9.17) is 9.21 Å². The number of carbonyl (C=O) groups excluding carboxylic acids is 2. The number of nitroso groups, excluding NO2 is 1. The van der Waals surface area contributed by atoms with Crippen LogP contribution in [0.15, 0.2) is 76.3 Å². The molecule has 2 aromatic carbocycles. The van der Waals surface area contributed by atoms with Gasteiger partial charge < -0.3 is 10.2 Å². The standard InChI is InChI=1S/C11H9NO2.C9H7NO3.CH3NO/c1-8-2-4-9(5-3-8)10-6-7-11(12-13)14-10;11-6-2-4-8-3-1-5-9(7-8)10(12)13;2-1-3/h2-7H,1H3;1-7H;1H,(H2,2,3)/b;4-2+;. The molecule has 1 aromatic heterocycles. The molecule has 0 saturated carbocycles. The van der Waals surface area contributed by atoms with Crippen molar-refractivity contribution in [3.63, 3.8) is 0 Å². The Morgan fingerprint density at radius 1 is 1.07 bits per heavy atom. The Morgan fingerprint density at radius 3 is 2.27 bits per heavy atom. The van der Waals surface area contributed by atoms with Gasteiger partial charge in [0.1, 0.15) is 12.0 Å². The lowest BCUT2D eigenvalue weighted by atomic mass is 10.1. The van der Waals surface area contributed by atoms with Crippen LogP contribution in [0.25, 0.3) is 17.4 Å². The maximum absolute atomic E-state index is 10.3. The number of non-ortho nitro benzene ring substituents is 1. The summed E-state index contributed by atoms with van der Waals surface area (Å²) in [5.74, 6) is 0.778. The number of furan rings is 1. The van der Waals surface area contributed by atoms with E-state index in [9.17, 15) is 19.8 Å². The van der Waals surface area contributed by atoms with E-state index < -0.39 is 4.92 Å². The van der Waals surface area contributed by atoms with Crippen molar-refractivity contribution in [2.24, 2.45) is 10.9 Å². The Morgan fingerprint density at radius 2 is 1.73 bits per heavy atom. The second-order valence-electron chi connectivity index (χ2n) is 5.58. The van der Waals surface area contributed by atoms with E-state index >= 15 is 0 Å². The van der Waals surface area contributed by atoms with E-state index in [0.717, 1.165) is 5.56 Å². The number of hydrogen-bond acceptors (Lipinski definition) is 7. The average Bonchev–Trinajstić information content (AvgIpc) is 3.23. The third-order valence-corrected chi connectivity index (χ3v) is 3.47. The zero-order valence-corrected chi connectivity index (χ0v) is 16.0. The van der Waals surface area contributed by atoms with Crippen LogP contribution in [-0.4, -0.2) is 17.6 Å². The molecular weight excluding hydrogens is 390 g/mol. The molecule has 154 valence electrons. The molecule has 0 radical (unpaired) electrons. The number of allylic oxidation sites excluding steroid dienone is 1.